The number of nitrogens with zero attached hydrogens (tertiary/aromatic N) is 2. The van der Waals surface area contributed by atoms with Crippen molar-refractivity contribution in [3.05, 3.63) is 63.2 Å². The van der Waals surface area contributed by atoms with Crippen LogP contribution in [-0.2, 0) is 4.79 Å². The van der Waals surface area contributed by atoms with Gasteiger partial charge in [0.05, 0.1) is 0 Å². The van der Waals surface area contributed by atoms with E-state index < -0.39 is 5.91 Å². The van der Waals surface area contributed by atoms with E-state index in [-0.39, 0.29) is 11.1 Å². The second kappa shape index (κ2) is 8.16. The van der Waals surface area contributed by atoms with E-state index in [9.17, 15) is 10.1 Å². The normalized spacial score (nSPS) is 17.9. The molecular formula is C25H28ClN3O. The summed E-state index contributed by atoms with van der Waals surface area (Å²) in [5.74, 6) is -0.0913. The van der Waals surface area contributed by atoms with Crippen LogP contribution in [0.3, 0.4) is 0 Å². The number of anilines is 2. The average Bonchev–Trinajstić information content (AvgIpc) is 2.67. The van der Waals surface area contributed by atoms with Crippen LogP contribution in [-0.4, -0.2) is 18.5 Å². The number of hydrogen-bond acceptors (Lipinski definition) is 3. The molecule has 0 saturated heterocycles. The Bertz CT molecular complexity index is 1080. The molecule has 0 radical (unpaired) electrons. The van der Waals surface area contributed by atoms with E-state index in [1.54, 1.807) is 6.08 Å². The van der Waals surface area contributed by atoms with E-state index in [4.69, 9.17) is 11.6 Å². The molecule has 0 aliphatic carbocycles. The largest absolute Gasteiger partial charge is 0.369 e. The molecule has 1 aliphatic heterocycles. The molecule has 0 fully saturated rings. The summed E-state index contributed by atoms with van der Waals surface area (Å²) in [5, 5.41) is 12.9. The highest BCUT2D eigenvalue weighted by atomic mass is 35.5. The van der Waals surface area contributed by atoms with Crippen molar-refractivity contribution in [2.24, 2.45) is 0 Å². The lowest BCUT2D eigenvalue weighted by Crippen LogP contribution is -2.45. The molecule has 1 amide bonds. The third-order valence-electron chi connectivity index (χ3n) is 6.18. The summed E-state index contributed by atoms with van der Waals surface area (Å²) in [6.45, 7) is 10.6. The number of amides is 1. The molecule has 3 rings (SSSR count). The van der Waals surface area contributed by atoms with Crippen LogP contribution in [0.15, 0.2) is 35.9 Å². The van der Waals surface area contributed by atoms with Gasteiger partial charge in [0.1, 0.15) is 11.6 Å². The summed E-state index contributed by atoms with van der Waals surface area (Å²) in [5.41, 5.74) is 5.91. The van der Waals surface area contributed by atoms with Gasteiger partial charge in [-0.3, -0.25) is 4.79 Å². The van der Waals surface area contributed by atoms with E-state index in [1.165, 1.54) is 5.56 Å². The molecule has 2 aromatic rings. The van der Waals surface area contributed by atoms with Gasteiger partial charge in [0, 0.05) is 29.0 Å². The molecular weight excluding hydrogens is 394 g/mol. The fourth-order valence-corrected chi connectivity index (χ4v) is 4.25. The zero-order valence-corrected chi connectivity index (χ0v) is 19.2. The van der Waals surface area contributed by atoms with Crippen LogP contribution in [0.25, 0.3) is 6.08 Å². The van der Waals surface area contributed by atoms with Crippen molar-refractivity contribution < 1.29 is 4.79 Å². The monoisotopic (exact) mass is 421 g/mol. The molecule has 30 heavy (non-hydrogen) atoms. The Labute approximate surface area is 184 Å². The molecule has 1 N–H and O–H groups in total. The zero-order chi connectivity index (χ0) is 22.2. The second-order valence-corrected chi connectivity index (χ2v) is 9.24. The van der Waals surface area contributed by atoms with Gasteiger partial charge in [0.15, 0.2) is 0 Å². The maximum atomic E-state index is 12.7. The molecule has 2 aromatic carbocycles. The summed E-state index contributed by atoms with van der Waals surface area (Å²) in [7, 11) is 2.08. The van der Waals surface area contributed by atoms with Crippen molar-refractivity contribution in [2.45, 2.75) is 52.5 Å². The van der Waals surface area contributed by atoms with Crippen LogP contribution in [0.1, 0.15) is 55.4 Å². The number of aryl methyl sites for hydroxylation is 2. The molecule has 0 aromatic heterocycles. The zero-order valence-electron chi connectivity index (χ0n) is 18.4. The third-order valence-corrected chi connectivity index (χ3v) is 6.51. The number of benzene rings is 2. The number of nitrogens with one attached hydrogen (secondary N) is 1. The minimum Gasteiger partial charge on any atom is -0.369 e. The number of nitriles is 1. The first kappa shape index (κ1) is 21.9. The summed E-state index contributed by atoms with van der Waals surface area (Å²) in [6.07, 6.45) is 2.59. The lowest BCUT2D eigenvalue weighted by atomic mass is 9.80. The first-order valence-electron chi connectivity index (χ1n) is 10.1. The Morgan fingerprint density at radius 2 is 1.97 bits per heavy atom. The van der Waals surface area contributed by atoms with Crippen LogP contribution in [0.4, 0.5) is 11.4 Å². The Hall–Kier alpha value is -2.77. The van der Waals surface area contributed by atoms with Gasteiger partial charge in [-0.05, 0) is 92.6 Å². The number of fused-ring (bicyclic) bond motifs is 1. The molecule has 1 aliphatic rings. The topological polar surface area (TPSA) is 56.1 Å². The average molecular weight is 422 g/mol. The predicted octanol–water partition coefficient (Wildman–Crippen LogP) is 6.22. The van der Waals surface area contributed by atoms with Crippen LogP contribution >= 0.6 is 11.6 Å². The van der Waals surface area contributed by atoms with Gasteiger partial charge in [0.2, 0.25) is 0 Å². The SMILES string of the molecule is Cc1ccc(NC(=O)/C(C#N)=C\c2cc3c(cc2Cl)N(C)C(C)(C)CC3C)cc1C. The number of halogens is 1. The van der Waals surface area contributed by atoms with E-state index in [2.05, 4.69) is 38.0 Å². The van der Waals surface area contributed by atoms with Gasteiger partial charge >= 0.3 is 0 Å². The highest BCUT2D eigenvalue weighted by molar-refractivity contribution is 6.32. The minimum absolute atomic E-state index is 0.0206. The van der Waals surface area contributed by atoms with E-state index in [0.717, 1.165) is 23.2 Å². The van der Waals surface area contributed by atoms with Crippen LogP contribution < -0.4 is 10.2 Å². The van der Waals surface area contributed by atoms with Crippen molar-refractivity contribution in [2.75, 3.05) is 17.3 Å². The molecule has 4 nitrogen and oxygen atoms in total. The van der Waals surface area contributed by atoms with Crippen molar-refractivity contribution in [3.8, 4) is 6.07 Å². The van der Waals surface area contributed by atoms with Crippen molar-refractivity contribution in [3.63, 3.8) is 0 Å². The van der Waals surface area contributed by atoms with Gasteiger partial charge in [-0.2, -0.15) is 5.26 Å². The third kappa shape index (κ3) is 4.22. The van der Waals surface area contributed by atoms with Crippen LogP contribution in [0.2, 0.25) is 5.02 Å². The van der Waals surface area contributed by atoms with Crippen molar-refractivity contribution in [1.82, 2.24) is 0 Å². The quantitative estimate of drug-likeness (QED) is 0.472. The molecule has 0 bridgehead atoms. The minimum atomic E-state index is -0.444. The molecule has 0 saturated carbocycles. The smallest absolute Gasteiger partial charge is 0.266 e. The lowest BCUT2D eigenvalue weighted by Gasteiger charge is -2.45. The van der Waals surface area contributed by atoms with E-state index >= 15 is 0 Å². The number of rotatable bonds is 3. The van der Waals surface area contributed by atoms with Gasteiger partial charge < -0.3 is 10.2 Å². The lowest BCUT2D eigenvalue weighted by molar-refractivity contribution is -0.112. The van der Waals surface area contributed by atoms with Crippen molar-refractivity contribution in [1.29, 1.82) is 5.26 Å². The van der Waals surface area contributed by atoms with Gasteiger partial charge in [-0.15, -0.1) is 0 Å². The highest BCUT2D eigenvalue weighted by Gasteiger charge is 2.34. The van der Waals surface area contributed by atoms with Crippen molar-refractivity contribution >= 4 is 35.0 Å². The Morgan fingerprint density at radius 3 is 2.60 bits per heavy atom. The number of carbonyl (C=O) groups is 1. The predicted molar refractivity (Wildman–Crippen MR) is 125 cm³/mol. The summed E-state index contributed by atoms with van der Waals surface area (Å²) in [4.78, 5) is 14.9. The number of carbonyl (C=O) groups excluding carboxylic acids is 1. The number of hydrogen-bond donors (Lipinski definition) is 1. The maximum absolute atomic E-state index is 12.7. The molecule has 1 atom stereocenters. The standard InChI is InChI=1S/C25H28ClN3O/c1-15-7-8-20(9-16(15)2)28-24(30)19(14-27)10-18-11-21-17(3)13-25(4,5)29(6)23(21)12-22(18)26/h7-12,17H,13H2,1-6H3,(H,28,30)/b19-10-. The molecule has 1 unspecified atom stereocenters. The van der Waals surface area contributed by atoms with Gasteiger partial charge in [-0.1, -0.05) is 24.6 Å². The molecule has 5 heteroatoms. The molecule has 156 valence electrons. The van der Waals surface area contributed by atoms with Gasteiger partial charge in [-0.25, -0.2) is 0 Å². The first-order valence-corrected chi connectivity index (χ1v) is 10.5. The van der Waals surface area contributed by atoms with E-state index in [0.29, 0.717) is 22.2 Å². The molecule has 0 spiro atoms. The summed E-state index contributed by atoms with van der Waals surface area (Å²) < 4.78 is 0. The fraction of sp³-hybridized carbons (Fsp3) is 0.360. The van der Waals surface area contributed by atoms with Gasteiger partial charge in [0.25, 0.3) is 5.91 Å². The molecule has 1 heterocycles. The summed E-state index contributed by atoms with van der Waals surface area (Å²) in [6, 6.07) is 11.6. The first-order chi connectivity index (χ1) is 14.0. The Kier molecular flexibility index (Phi) is 5.97. The fourth-order valence-electron chi connectivity index (χ4n) is 4.04. The second-order valence-electron chi connectivity index (χ2n) is 8.83. The Balaban J connectivity index is 1.94. The summed E-state index contributed by atoms with van der Waals surface area (Å²) >= 11 is 6.56. The highest BCUT2D eigenvalue weighted by Crippen LogP contribution is 2.44. The Morgan fingerprint density at radius 1 is 1.27 bits per heavy atom. The van der Waals surface area contributed by atoms with E-state index in [1.807, 2.05) is 50.2 Å². The maximum Gasteiger partial charge on any atom is 0.266 e. The van der Waals surface area contributed by atoms with Crippen LogP contribution in [0, 0.1) is 25.2 Å². The van der Waals surface area contributed by atoms with Crippen LogP contribution in [0.5, 0.6) is 0 Å².